The standard InChI is InChI=1S/C16H15FN2O4/c1-23-16(22)12-7-3-6-11-13(15(20)21)18-14(19(11)12)9-4-2-5-10(17)8-9/h2,4-5,8,12H,3,6-7H2,1H3,(H,20,21). The number of aromatic nitrogens is 2. The van der Waals surface area contributed by atoms with E-state index in [1.165, 1.54) is 25.3 Å². The summed E-state index contributed by atoms with van der Waals surface area (Å²) in [6, 6.07) is 5.06. The topological polar surface area (TPSA) is 81.4 Å². The normalized spacial score (nSPS) is 16.7. The van der Waals surface area contributed by atoms with Crippen LogP contribution in [0.4, 0.5) is 4.39 Å². The number of ether oxygens (including phenoxy) is 1. The zero-order chi connectivity index (χ0) is 16.6. The molecule has 1 unspecified atom stereocenters. The number of aromatic carboxylic acids is 1. The zero-order valence-corrected chi connectivity index (χ0v) is 12.5. The Morgan fingerprint density at radius 3 is 2.87 bits per heavy atom. The molecule has 2 aromatic rings. The minimum atomic E-state index is -1.16. The van der Waals surface area contributed by atoms with Gasteiger partial charge in [-0.1, -0.05) is 12.1 Å². The van der Waals surface area contributed by atoms with Crippen molar-refractivity contribution in [1.29, 1.82) is 0 Å². The largest absolute Gasteiger partial charge is 0.476 e. The fourth-order valence-corrected chi connectivity index (χ4v) is 2.99. The molecule has 3 rings (SSSR count). The first kappa shape index (κ1) is 15.2. The summed E-state index contributed by atoms with van der Waals surface area (Å²) in [4.78, 5) is 27.7. The first-order chi connectivity index (χ1) is 11.0. The summed E-state index contributed by atoms with van der Waals surface area (Å²) in [7, 11) is 1.29. The molecule has 1 aliphatic heterocycles. The second-order valence-electron chi connectivity index (χ2n) is 5.35. The summed E-state index contributed by atoms with van der Waals surface area (Å²) in [6.45, 7) is 0. The maximum Gasteiger partial charge on any atom is 0.356 e. The highest BCUT2D eigenvalue weighted by Crippen LogP contribution is 2.34. The molecule has 120 valence electrons. The summed E-state index contributed by atoms with van der Waals surface area (Å²) in [5.41, 5.74) is 0.797. The van der Waals surface area contributed by atoms with Crippen molar-refractivity contribution in [2.45, 2.75) is 25.3 Å². The molecule has 23 heavy (non-hydrogen) atoms. The van der Waals surface area contributed by atoms with Gasteiger partial charge >= 0.3 is 11.9 Å². The number of halogens is 1. The number of hydrogen-bond donors (Lipinski definition) is 1. The Morgan fingerprint density at radius 2 is 2.22 bits per heavy atom. The van der Waals surface area contributed by atoms with Gasteiger partial charge in [-0.3, -0.25) is 0 Å². The zero-order valence-electron chi connectivity index (χ0n) is 12.5. The van der Waals surface area contributed by atoms with Crippen LogP contribution in [0, 0.1) is 5.82 Å². The maximum absolute atomic E-state index is 13.5. The van der Waals surface area contributed by atoms with E-state index >= 15 is 0 Å². The van der Waals surface area contributed by atoms with Crippen LogP contribution in [0.3, 0.4) is 0 Å². The summed E-state index contributed by atoms with van der Waals surface area (Å²) in [5.74, 6) is -1.81. The van der Waals surface area contributed by atoms with Crippen molar-refractivity contribution in [2.75, 3.05) is 7.11 Å². The van der Waals surface area contributed by atoms with Gasteiger partial charge in [-0.25, -0.2) is 19.0 Å². The van der Waals surface area contributed by atoms with E-state index in [4.69, 9.17) is 4.74 Å². The van der Waals surface area contributed by atoms with Gasteiger partial charge in [0.2, 0.25) is 0 Å². The molecule has 0 radical (unpaired) electrons. The number of benzene rings is 1. The summed E-state index contributed by atoms with van der Waals surface area (Å²) in [6.07, 6.45) is 1.68. The van der Waals surface area contributed by atoms with Crippen molar-refractivity contribution in [2.24, 2.45) is 0 Å². The number of methoxy groups -OCH3 is 1. The molecular formula is C16H15FN2O4. The number of carbonyl (C=O) groups is 2. The number of nitrogens with zero attached hydrogens (tertiary/aromatic N) is 2. The van der Waals surface area contributed by atoms with Crippen molar-refractivity contribution in [1.82, 2.24) is 9.55 Å². The Labute approximate surface area is 131 Å². The van der Waals surface area contributed by atoms with E-state index < -0.39 is 23.8 Å². The molecule has 0 saturated carbocycles. The minimum Gasteiger partial charge on any atom is -0.476 e. The Hall–Kier alpha value is -2.70. The third-order valence-electron chi connectivity index (χ3n) is 3.97. The molecule has 1 atom stereocenters. The predicted molar refractivity (Wildman–Crippen MR) is 78.6 cm³/mol. The third kappa shape index (κ3) is 2.58. The summed E-state index contributed by atoms with van der Waals surface area (Å²) < 4.78 is 19.9. The average Bonchev–Trinajstić information content (AvgIpc) is 2.94. The molecule has 7 heteroatoms. The number of esters is 1. The predicted octanol–water partition coefficient (Wildman–Crippen LogP) is 2.44. The van der Waals surface area contributed by atoms with E-state index in [1.54, 1.807) is 10.6 Å². The SMILES string of the molecule is COC(=O)C1CCCc2c(C(=O)O)nc(-c3cccc(F)c3)n21. The second-order valence-corrected chi connectivity index (χ2v) is 5.35. The Balaban J connectivity index is 2.24. The molecule has 1 aromatic carbocycles. The Morgan fingerprint density at radius 1 is 1.43 bits per heavy atom. The van der Waals surface area contributed by atoms with Gasteiger partial charge in [0, 0.05) is 5.56 Å². The smallest absolute Gasteiger partial charge is 0.356 e. The lowest BCUT2D eigenvalue weighted by molar-refractivity contribution is -0.145. The van der Waals surface area contributed by atoms with E-state index in [0.717, 1.165) is 0 Å². The van der Waals surface area contributed by atoms with Gasteiger partial charge in [0.25, 0.3) is 0 Å². The van der Waals surface area contributed by atoms with Crippen LogP contribution in [-0.4, -0.2) is 33.7 Å². The number of rotatable bonds is 3. The highest BCUT2D eigenvalue weighted by molar-refractivity contribution is 5.88. The highest BCUT2D eigenvalue weighted by atomic mass is 19.1. The number of imidazole rings is 1. The highest BCUT2D eigenvalue weighted by Gasteiger charge is 2.34. The Bertz CT molecular complexity index is 784. The molecule has 0 amide bonds. The quantitative estimate of drug-likeness (QED) is 0.879. The van der Waals surface area contributed by atoms with Crippen LogP contribution >= 0.6 is 0 Å². The molecule has 0 aliphatic carbocycles. The van der Waals surface area contributed by atoms with E-state index in [1.807, 2.05) is 0 Å². The van der Waals surface area contributed by atoms with Gasteiger partial charge in [0.15, 0.2) is 5.69 Å². The number of carboxylic acids is 1. The minimum absolute atomic E-state index is 0.0992. The molecule has 0 bridgehead atoms. The van der Waals surface area contributed by atoms with E-state index in [-0.39, 0.29) is 11.5 Å². The van der Waals surface area contributed by atoms with E-state index in [0.29, 0.717) is 30.5 Å². The average molecular weight is 318 g/mol. The first-order valence-electron chi connectivity index (χ1n) is 7.21. The van der Waals surface area contributed by atoms with Crippen molar-refractivity contribution in [3.05, 3.63) is 41.5 Å². The van der Waals surface area contributed by atoms with Crippen molar-refractivity contribution < 1.29 is 23.8 Å². The van der Waals surface area contributed by atoms with Gasteiger partial charge in [-0.2, -0.15) is 0 Å². The maximum atomic E-state index is 13.5. The molecule has 1 aliphatic rings. The van der Waals surface area contributed by atoms with Gasteiger partial charge in [0.1, 0.15) is 17.7 Å². The van der Waals surface area contributed by atoms with E-state index in [2.05, 4.69) is 4.98 Å². The third-order valence-corrected chi connectivity index (χ3v) is 3.97. The molecule has 1 aromatic heterocycles. The van der Waals surface area contributed by atoms with E-state index in [9.17, 15) is 19.1 Å². The van der Waals surface area contributed by atoms with Crippen molar-refractivity contribution in [3.8, 4) is 11.4 Å². The van der Waals surface area contributed by atoms with Gasteiger partial charge in [0.05, 0.1) is 12.8 Å². The monoisotopic (exact) mass is 318 g/mol. The van der Waals surface area contributed by atoms with Crippen LogP contribution in [0.5, 0.6) is 0 Å². The molecule has 1 N–H and O–H groups in total. The number of hydrogen-bond acceptors (Lipinski definition) is 4. The van der Waals surface area contributed by atoms with Crippen LogP contribution < -0.4 is 0 Å². The van der Waals surface area contributed by atoms with Gasteiger partial charge in [-0.05, 0) is 31.4 Å². The number of carboxylic acid groups (broad SMARTS) is 1. The van der Waals surface area contributed by atoms with Crippen LogP contribution in [0.1, 0.15) is 35.1 Å². The molecule has 2 heterocycles. The van der Waals surface area contributed by atoms with Crippen LogP contribution in [0.25, 0.3) is 11.4 Å². The lowest BCUT2D eigenvalue weighted by Gasteiger charge is -2.25. The summed E-state index contributed by atoms with van der Waals surface area (Å²) in [5, 5.41) is 9.37. The van der Waals surface area contributed by atoms with Gasteiger partial charge < -0.3 is 14.4 Å². The molecule has 0 saturated heterocycles. The summed E-state index contributed by atoms with van der Waals surface area (Å²) >= 11 is 0. The lowest BCUT2D eigenvalue weighted by atomic mass is 10.0. The molecule has 6 nitrogen and oxygen atoms in total. The molecule has 0 fully saturated rings. The first-order valence-corrected chi connectivity index (χ1v) is 7.21. The fourth-order valence-electron chi connectivity index (χ4n) is 2.99. The van der Waals surface area contributed by atoms with Crippen LogP contribution in [0.15, 0.2) is 24.3 Å². The molecular weight excluding hydrogens is 303 g/mol. The number of carbonyl (C=O) groups excluding carboxylic acids is 1. The van der Waals surface area contributed by atoms with Crippen molar-refractivity contribution in [3.63, 3.8) is 0 Å². The Kier molecular flexibility index (Phi) is 3.85. The van der Waals surface area contributed by atoms with Crippen molar-refractivity contribution >= 4 is 11.9 Å². The molecule has 0 spiro atoms. The second kappa shape index (κ2) is 5.83. The lowest BCUT2D eigenvalue weighted by Crippen LogP contribution is -2.27. The fraction of sp³-hybridized carbons (Fsp3) is 0.312. The van der Waals surface area contributed by atoms with Crippen LogP contribution in [0.2, 0.25) is 0 Å². The van der Waals surface area contributed by atoms with Crippen LogP contribution in [-0.2, 0) is 16.0 Å². The van der Waals surface area contributed by atoms with Gasteiger partial charge in [-0.15, -0.1) is 0 Å². The number of fused-ring (bicyclic) bond motifs is 1.